The number of nitrogens with zero attached hydrogens (tertiary/aromatic N) is 2. The summed E-state index contributed by atoms with van der Waals surface area (Å²) < 4.78 is 59.4. The van der Waals surface area contributed by atoms with Crippen LogP contribution in [0.2, 0.25) is 0 Å². The molecule has 0 saturated carbocycles. The Kier molecular flexibility index (Phi) is 6.53. The summed E-state index contributed by atoms with van der Waals surface area (Å²) in [5, 5.41) is 2.43. The molecule has 13 heteroatoms. The average Bonchev–Trinajstić information content (AvgIpc) is 2.73. The van der Waals surface area contributed by atoms with E-state index in [2.05, 4.69) is 15.3 Å². The second-order valence-electron chi connectivity index (χ2n) is 6.60. The largest absolute Gasteiger partial charge is 0.497 e. The maximum atomic E-state index is 14.4. The Hall–Kier alpha value is -4.13. The fourth-order valence-corrected chi connectivity index (χ4v) is 3.74. The quantitative estimate of drug-likeness (QED) is 0.488. The molecule has 4 N–H and O–H groups in total. The third-order valence-corrected chi connectivity index (χ3v) is 5.67. The van der Waals surface area contributed by atoms with Gasteiger partial charge >= 0.3 is 0 Å². The lowest BCUT2D eigenvalue weighted by atomic mass is 10.1. The topological polar surface area (TPSA) is 153 Å². The molecule has 3 rings (SSSR count). The Bertz CT molecular complexity index is 1320. The van der Waals surface area contributed by atoms with Crippen LogP contribution in [0.25, 0.3) is 11.3 Å². The van der Waals surface area contributed by atoms with Crippen LogP contribution >= 0.6 is 0 Å². The highest BCUT2D eigenvalue weighted by Gasteiger charge is 2.21. The molecule has 3 aromatic rings. The van der Waals surface area contributed by atoms with E-state index in [9.17, 15) is 26.8 Å². The molecule has 0 fully saturated rings. The van der Waals surface area contributed by atoms with Crippen LogP contribution in [0.15, 0.2) is 47.5 Å². The van der Waals surface area contributed by atoms with Gasteiger partial charge < -0.3 is 15.8 Å². The van der Waals surface area contributed by atoms with E-state index in [1.54, 1.807) is 0 Å². The van der Waals surface area contributed by atoms with Gasteiger partial charge in [-0.1, -0.05) is 0 Å². The van der Waals surface area contributed by atoms with Crippen LogP contribution in [0.5, 0.6) is 5.75 Å². The smallest absolute Gasteiger partial charge is 0.278 e. The van der Waals surface area contributed by atoms with E-state index in [1.165, 1.54) is 19.2 Å². The summed E-state index contributed by atoms with van der Waals surface area (Å²) in [6.45, 7) is 1.05. The number of nitrogen functional groups attached to an aromatic ring is 1. The van der Waals surface area contributed by atoms with E-state index >= 15 is 0 Å². The summed E-state index contributed by atoms with van der Waals surface area (Å²) in [7, 11) is -2.80. The van der Waals surface area contributed by atoms with Crippen molar-refractivity contribution in [1.82, 2.24) is 14.7 Å². The SMILES string of the molecule is COc1cc(F)c(-c2cnc(N)c(C(=O)Nc3ccc(S(=O)(=O)NC(C)=O)cc3)n2)c(F)c1. The normalized spacial score (nSPS) is 11.0. The Morgan fingerprint density at radius 3 is 2.24 bits per heavy atom. The van der Waals surface area contributed by atoms with Crippen molar-refractivity contribution in [1.29, 1.82) is 0 Å². The third kappa shape index (κ3) is 5.20. The average molecular weight is 477 g/mol. The molecule has 0 bridgehead atoms. The summed E-state index contributed by atoms with van der Waals surface area (Å²) in [5.41, 5.74) is 4.67. The molecule has 0 spiro atoms. The number of hydrogen-bond donors (Lipinski definition) is 3. The maximum Gasteiger partial charge on any atom is 0.278 e. The number of nitrogens with one attached hydrogen (secondary N) is 2. The summed E-state index contributed by atoms with van der Waals surface area (Å²) in [6, 6.07) is 6.76. The summed E-state index contributed by atoms with van der Waals surface area (Å²) in [5.74, 6) is -3.91. The Balaban J connectivity index is 1.88. The first-order valence-corrected chi connectivity index (χ1v) is 10.6. The number of carbonyl (C=O) groups is 2. The number of anilines is 2. The van der Waals surface area contributed by atoms with Crippen LogP contribution in [0.4, 0.5) is 20.3 Å². The number of amides is 2. The maximum absolute atomic E-state index is 14.4. The molecule has 0 aliphatic heterocycles. The van der Waals surface area contributed by atoms with Crippen molar-refractivity contribution in [3.05, 3.63) is 59.9 Å². The van der Waals surface area contributed by atoms with Gasteiger partial charge in [0.2, 0.25) is 5.91 Å². The standard InChI is InChI=1S/C20H17F2N5O5S/c1-10(28)27-33(30,31)13-5-3-11(4-6-13)25-20(29)18-19(23)24-9-16(26-18)17-14(21)7-12(32-2)8-15(17)22/h3-9H,1-2H3,(H2,23,24)(H,25,29)(H,27,28). The number of benzene rings is 2. The number of carbonyl (C=O) groups excluding carboxylic acids is 2. The van der Waals surface area contributed by atoms with Crippen molar-refractivity contribution in [3.63, 3.8) is 0 Å². The molecule has 0 aliphatic rings. The molecule has 1 aromatic heterocycles. The zero-order valence-corrected chi connectivity index (χ0v) is 18.0. The lowest BCUT2D eigenvalue weighted by molar-refractivity contribution is -0.117. The first-order valence-electron chi connectivity index (χ1n) is 9.12. The van der Waals surface area contributed by atoms with Crippen molar-refractivity contribution in [3.8, 4) is 17.0 Å². The predicted molar refractivity (Wildman–Crippen MR) is 114 cm³/mol. The summed E-state index contributed by atoms with van der Waals surface area (Å²) in [6.07, 6.45) is 1.02. The predicted octanol–water partition coefficient (Wildman–Crippen LogP) is 2.09. The van der Waals surface area contributed by atoms with Gasteiger partial charge in [0.25, 0.3) is 15.9 Å². The molecule has 33 heavy (non-hydrogen) atoms. The van der Waals surface area contributed by atoms with Crippen molar-refractivity contribution >= 4 is 33.3 Å². The molecular formula is C20H17F2N5O5S. The number of methoxy groups -OCH3 is 1. The first-order chi connectivity index (χ1) is 15.5. The highest BCUT2D eigenvalue weighted by molar-refractivity contribution is 7.90. The third-order valence-electron chi connectivity index (χ3n) is 4.22. The molecule has 2 amide bonds. The van der Waals surface area contributed by atoms with Crippen molar-refractivity contribution in [2.24, 2.45) is 0 Å². The second-order valence-corrected chi connectivity index (χ2v) is 8.28. The van der Waals surface area contributed by atoms with Crippen LogP contribution in [0, 0.1) is 11.6 Å². The van der Waals surface area contributed by atoms with Gasteiger partial charge in [-0.05, 0) is 24.3 Å². The molecule has 1 heterocycles. The van der Waals surface area contributed by atoms with Gasteiger partial charge in [0.05, 0.1) is 29.5 Å². The zero-order valence-electron chi connectivity index (χ0n) is 17.2. The van der Waals surface area contributed by atoms with E-state index in [-0.39, 0.29) is 27.8 Å². The monoisotopic (exact) mass is 477 g/mol. The molecule has 0 aliphatic carbocycles. The van der Waals surface area contributed by atoms with Gasteiger partial charge in [-0.2, -0.15) is 0 Å². The molecule has 0 radical (unpaired) electrons. The minimum atomic E-state index is -4.05. The fraction of sp³-hybridized carbons (Fsp3) is 0.100. The minimum Gasteiger partial charge on any atom is -0.497 e. The highest BCUT2D eigenvalue weighted by Crippen LogP contribution is 2.29. The van der Waals surface area contributed by atoms with Crippen molar-refractivity contribution in [2.45, 2.75) is 11.8 Å². The van der Waals surface area contributed by atoms with Crippen LogP contribution in [0.1, 0.15) is 17.4 Å². The summed E-state index contributed by atoms with van der Waals surface area (Å²) in [4.78, 5) is 31.2. The lowest BCUT2D eigenvalue weighted by Crippen LogP contribution is -2.28. The molecule has 10 nitrogen and oxygen atoms in total. The Labute approximate surface area is 186 Å². The van der Waals surface area contributed by atoms with E-state index in [0.717, 1.165) is 37.4 Å². The molecule has 2 aromatic carbocycles. The van der Waals surface area contributed by atoms with Gasteiger partial charge in [0, 0.05) is 24.7 Å². The van der Waals surface area contributed by atoms with E-state index < -0.39 is 44.7 Å². The molecule has 0 saturated heterocycles. The van der Waals surface area contributed by atoms with Crippen LogP contribution < -0.4 is 20.5 Å². The molecular weight excluding hydrogens is 460 g/mol. The van der Waals surface area contributed by atoms with E-state index in [4.69, 9.17) is 10.5 Å². The number of nitrogens with two attached hydrogens (primary N) is 1. The lowest BCUT2D eigenvalue weighted by Gasteiger charge is -2.11. The van der Waals surface area contributed by atoms with Crippen molar-refractivity contribution < 1.29 is 31.5 Å². The minimum absolute atomic E-state index is 0.0425. The van der Waals surface area contributed by atoms with Gasteiger partial charge in [0.1, 0.15) is 17.4 Å². The number of hydrogen-bond acceptors (Lipinski definition) is 8. The number of aromatic nitrogens is 2. The fourth-order valence-electron chi connectivity index (χ4n) is 2.75. The van der Waals surface area contributed by atoms with Gasteiger partial charge in [-0.3, -0.25) is 9.59 Å². The van der Waals surface area contributed by atoms with E-state index in [0.29, 0.717) is 0 Å². The molecule has 172 valence electrons. The van der Waals surface area contributed by atoms with Gasteiger partial charge in [-0.15, -0.1) is 0 Å². The molecule has 0 atom stereocenters. The van der Waals surface area contributed by atoms with Crippen LogP contribution in [0.3, 0.4) is 0 Å². The number of rotatable bonds is 6. The van der Waals surface area contributed by atoms with E-state index in [1.807, 2.05) is 4.72 Å². The van der Waals surface area contributed by atoms with Crippen molar-refractivity contribution in [2.75, 3.05) is 18.2 Å². The summed E-state index contributed by atoms with van der Waals surface area (Å²) >= 11 is 0. The van der Waals surface area contributed by atoms with Gasteiger partial charge in [-0.25, -0.2) is 31.9 Å². The Morgan fingerprint density at radius 1 is 1.09 bits per heavy atom. The van der Waals surface area contributed by atoms with Crippen LogP contribution in [-0.2, 0) is 14.8 Å². The number of ether oxygens (including phenoxy) is 1. The number of halogens is 2. The van der Waals surface area contributed by atoms with Crippen LogP contribution in [-0.4, -0.2) is 37.3 Å². The molecule has 0 unspecified atom stereocenters. The Morgan fingerprint density at radius 2 is 1.70 bits per heavy atom. The zero-order chi connectivity index (χ0) is 24.3. The number of sulfonamides is 1. The van der Waals surface area contributed by atoms with Gasteiger partial charge in [0.15, 0.2) is 11.5 Å². The second kappa shape index (κ2) is 9.16. The first kappa shape index (κ1) is 23.5. The highest BCUT2D eigenvalue weighted by atomic mass is 32.2.